The normalized spacial score (nSPS) is 19.5. The minimum Gasteiger partial charge on any atom is -0.739 e. The predicted octanol–water partition coefficient (Wildman–Crippen LogP) is 1.75. The number of rotatable bonds is 4. The number of nitrogens with two attached hydrogens (primary N) is 1. The maximum atomic E-state index is 11.9. The molecule has 2 rings (SSSR count). The minimum absolute atomic E-state index is 0.234. The van der Waals surface area contributed by atoms with Crippen molar-refractivity contribution in [2.45, 2.75) is 12.8 Å². The zero-order valence-corrected chi connectivity index (χ0v) is 10.5. The third-order valence-corrected chi connectivity index (χ3v) is 2.57. The molecule has 0 fully saturated rings. The average molecular weight is 260 g/mol. The van der Waals surface area contributed by atoms with Crippen LogP contribution in [0.15, 0.2) is 48.9 Å². The number of hydrogen-bond donors (Lipinski definition) is 2. The summed E-state index contributed by atoms with van der Waals surface area (Å²) in [5, 5.41) is 12.4. The van der Waals surface area contributed by atoms with Crippen molar-refractivity contribution in [1.82, 2.24) is 5.43 Å². The van der Waals surface area contributed by atoms with E-state index >= 15 is 0 Å². The Bertz CT molecular complexity index is 566. The second-order valence-electron chi connectivity index (χ2n) is 4.03. The van der Waals surface area contributed by atoms with Crippen molar-refractivity contribution in [3.05, 3.63) is 54.1 Å². The van der Waals surface area contributed by atoms with Crippen LogP contribution in [0.3, 0.4) is 0 Å². The topological polar surface area (TPSA) is 82.8 Å². The highest BCUT2D eigenvalue weighted by molar-refractivity contribution is 5.66. The Morgan fingerprint density at radius 2 is 2.32 bits per heavy atom. The van der Waals surface area contributed by atoms with Crippen LogP contribution in [0.2, 0.25) is 0 Å². The van der Waals surface area contributed by atoms with Crippen LogP contribution >= 0.6 is 0 Å². The lowest BCUT2D eigenvalue weighted by atomic mass is 10.3. The summed E-state index contributed by atoms with van der Waals surface area (Å²) >= 11 is 0. The van der Waals surface area contributed by atoms with Crippen molar-refractivity contribution < 1.29 is 9.47 Å². The Balaban J connectivity index is 2.35. The van der Waals surface area contributed by atoms with Crippen molar-refractivity contribution in [3.63, 3.8) is 0 Å². The fourth-order valence-electron chi connectivity index (χ4n) is 1.53. The molecule has 1 aliphatic heterocycles. The molecule has 1 atom stereocenters. The van der Waals surface area contributed by atoms with E-state index in [1.807, 2.05) is 0 Å². The van der Waals surface area contributed by atoms with Gasteiger partial charge in [-0.25, -0.2) is 0 Å². The first-order chi connectivity index (χ1) is 8.98. The molecule has 1 aromatic carbocycles. The van der Waals surface area contributed by atoms with Gasteiger partial charge in [0.2, 0.25) is 0 Å². The minimum atomic E-state index is -1.45. The molecule has 1 heterocycles. The summed E-state index contributed by atoms with van der Waals surface area (Å²) < 4.78 is 11.0. The van der Waals surface area contributed by atoms with Crippen LogP contribution in [0.25, 0.3) is 0 Å². The molecule has 0 saturated carbocycles. The van der Waals surface area contributed by atoms with Crippen LogP contribution in [0.5, 0.6) is 11.5 Å². The summed E-state index contributed by atoms with van der Waals surface area (Å²) in [7, 11) is 0. The number of hydrogen-bond acceptors (Lipinski definition) is 6. The highest BCUT2D eigenvalue weighted by Gasteiger charge is 2.40. The predicted molar refractivity (Wildman–Crippen MR) is 72.1 cm³/mol. The third-order valence-electron chi connectivity index (χ3n) is 2.57. The van der Waals surface area contributed by atoms with E-state index in [9.17, 15) is 5.21 Å². The molecular weight excluding hydrogens is 246 g/mol. The molecule has 3 N–H and O–H groups in total. The first-order valence-electron chi connectivity index (χ1n) is 5.51. The molecule has 0 spiro atoms. The van der Waals surface area contributed by atoms with Crippen LogP contribution in [0.4, 0.5) is 5.69 Å². The van der Waals surface area contributed by atoms with Gasteiger partial charge in [0.1, 0.15) is 0 Å². The summed E-state index contributed by atoms with van der Waals surface area (Å²) in [6.45, 7) is 8.74. The van der Waals surface area contributed by atoms with Crippen LogP contribution in [0.1, 0.15) is 6.92 Å². The van der Waals surface area contributed by atoms with E-state index in [0.29, 0.717) is 16.5 Å². The molecular formula is C13H14N3O3-. The molecule has 0 bridgehead atoms. The van der Waals surface area contributed by atoms with Gasteiger partial charge in [-0.15, -0.1) is 5.73 Å². The van der Waals surface area contributed by atoms with Crippen LogP contribution < -0.4 is 25.8 Å². The Morgan fingerprint density at radius 1 is 1.58 bits per heavy atom. The van der Waals surface area contributed by atoms with Gasteiger partial charge in [-0.3, -0.25) is 5.73 Å². The van der Waals surface area contributed by atoms with Crippen molar-refractivity contribution in [2.75, 3.05) is 5.17 Å². The number of hydrazine groups is 1. The third kappa shape index (κ3) is 2.28. The summed E-state index contributed by atoms with van der Waals surface area (Å²) in [5.74, 6) is -0.811. The van der Waals surface area contributed by atoms with E-state index in [1.54, 1.807) is 25.1 Å². The number of benzene rings is 1. The lowest BCUT2D eigenvalue weighted by Crippen LogP contribution is -2.49. The highest BCUT2D eigenvalue weighted by Crippen LogP contribution is 2.45. The van der Waals surface area contributed by atoms with Crippen LogP contribution in [-0.2, 0) is 0 Å². The number of nitrogens with zero attached hydrogens (tertiary/aromatic N) is 1. The molecule has 1 aliphatic rings. The fourth-order valence-corrected chi connectivity index (χ4v) is 1.53. The van der Waals surface area contributed by atoms with E-state index in [2.05, 4.69) is 24.3 Å². The molecule has 100 valence electrons. The van der Waals surface area contributed by atoms with E-state index in [-0.39, 0.29) is 11.4 Å². The number of fused-ring (bicyclic) bond motifs is 1. The van der Waals surface area contributed by atoms with E-state index in [0.717, 1.165) is 0 Å². The summed E-state index contributed by atoms with van der Waals surface area (Å²) in [6, 6.07) is 4.89. The molecule has 0 aromatic heterocycles. The Kier molecular flexibility index (Phi) is 3.23. The number of nitrogens with one attached hydrogen (secondary N) is 1. The van der Waals surface area contributed by atoms with Gasteiger partial charge in [-0.05, 0) is 19.1 Å². The largest absolute Gasteiger partial charge is 0.739 e. The highest BCUT2D eigenvalue weighted by atomic mass is 16.8. The van der Waals surface area contributed by atoms with Crippen LogP contribution in [0, 0.1) is 5.21 Å². The molecule has 19 heavy (non-hydrogen) atoms. The van der Waals surface area contributed by atoms with Gasteiger partial charge in [0.15, 0.2) is 11.5 Å². The Labute approximate surface area is 111 Å². The summed E-state index contributed by atoms with van der Waals surface area (Å²) in [6.07, 6.45) is 1.27. The molecule has 6 nitrogen and oxygen atoms in total. The van der Waals surface area contributed by atoms with Crippen molar-refractivity contribution in [2.24, 2.45) is 5.73 Å². The van der Waals surface area contributed by atoms with Gasteiger partial charge >= 0.3 is 5.91 Å². The standard InChI is InChI=1S/C13H14N3O3/c1-4-8-15-16(17)10-6-5-7-11-12(10)19-13(14,18-11)9(2)3/h5-8,15H,1-2,14H2,3H3/q-1. The molecule has 0 radical (unpaired) electrons. The zero-order chi connectivity index (χ0) is 14.0. The molecule has 1 unspecified atom stereocenters. The zero-order valence-electron chi connectivity index (χ0n) is 10.5. The molecule has 1 aromatic rings. The van der Waals surface area contributed by atoms with Gasteiger partial charge in [0.05, 0.1) is 11.9 Å². The Hall–Kier alpha value is -2.40. The lowest BCUT2D eigenvalue weighted by molar-refractivity contribution is -0.0370. The van der Waals surface area contributed by atoms with Crippen molar-refractivity contribution >= 4 is 5.69 Å². The first-order valence-corrected chi connectivity index (χ1v) is 5.51. The summed E-state index contributed by atoms with van der Waals surface area (Å²) in [4.78, 5) is 0. The van der Waals surface area contributed by atoms with E-state index in [4.69, 9.17) is 15.2 Å². The first kappa shape index (κ1) is 13.0. The molecule has 0 saturated heterocycles. The maximum Gasteiger partial charge on any atom is 0.335 e. The smallest absolute Gasteiger partial charge is 0.335 e. The van der Waals surface area contributed by atoms with Gasteiger partial charge in [0, 0.05) is 5.57 Å². The maximum absolute atomic E-state index is 11.9. The van der Waals surface area contributed by atoms with Gasteiger partial charge < -0.3 is 25.3 Å². The Morgan fingerprint density at radius 3 is 2.95 bits per heavy atom. The van der Waals surface area contributed by atoms with Gasteiger partial charge in [-0.2, -0.15) is 0 Å². The number of anilines is 1. The van der Waals surface area contributed by atoms with Crippen LogP contribution in [-0.4, -0.2) is 5.91 Å². The van der Waals surface area contributed by atoms with Crippen molar-refractivity contribution in [3.8, 4) is 11.5 Å². The van der Waals surface area contributed by atoms with Gasteiger partial charge in [-0.1, -0.05) is 19.2 Å². The summed E-state index contributed by atoms with van der Waals surface area (Å²) in [5.41, 5.74) is 11.5. The molecule has 6 heteroatoms. The quantitative estimate of drug-likeness (QED) is 0.487. The SMILES string of the molecule is C=C=CNN([O-])c1cccc2c1OC(N)(C(=C)C)O2. The average Bonchev–Trinajstić information content (AvgIpc) is 2.73. The van der Waals surface area contributed by atoms with E-state index in [1.165, 1.54) is 6.20 Å². The second-order valence-corrected chi connectivity index (χ2v) is 4.03. The monoisotopic (exact) mass is 260 g/mol. The number of para-hydroxylation sites is 1. The lowest BCUT2D eigenvalue weighted by Gasteiger charge is -2.30. The second kappa shape index (κ2) is 4.70. The van der Waals surface area contributed by atoms with E-state index < -0.39 is 5.91 Å². The van der Waals surface area contributed by atoms with Gasteiger partial charge in [0.25, 0.3) is 0 Å². The fraction of sp³-hybridized carbons (Fsp3) is 0.154. The molecule has 0 aliphatic carbocycles. The molecule has 0 amide bonds. The number of ether oxygens (including phenoxy) is 2. The van der Waals surface area contributed by atoms with Crippen molar-refractivity contribution in [1.29, 1.82) is 0 Å².